The number of imide groups is 1. The molecular weight excluding hydrogens is 252 g/mol. The van der Waals surface area contributed by atoms with Gasteiger partial charge in [-0.05, 0) is 18.4 Å². The number of hydrogen-bond acceptors (Lipinski definition) is 2. The molecule has 4 heteroatoms. The van der Waals surface area contributed by atoms with Crippen molar-refractivity contribution in [2.24, 2.45) is 5.92 Å². The topological polar surface area (TPSA) is 49.4 Å². The zero-order valence-electron chi connectivity index (χ0n) is 11.5. The Balaban J connectivity index is 2.15. The van der Waals surface area contributed by atoms with Crippen LogP contribution in [0.5, 0.6) is 0 Å². The van der Waals surface area contributed by atoms with E-state index in [1.165, 1.54) is 4.90 Å². The first-order chi connectivity index (χ1) is 9.59. The van der Waals surface area contributed by atoms with Crippen molar-refractivity contribution in [2.75, 3.05) is 4.90 Å². The molecule has 2 aromatic carbocycles. The molecule has 0 radical (unpaired) electrons. The smallest absolute Gasteiger partial charge is 0.329 e. The van der Waals surface area contributed by atoms with Gasteiger partial charge in [-0.15, -0.1) is 0 Å². The van der Waals surface area contributed by atoms with Gasteiger partial charge in [-0.3, -0.25) is 4.79 Å². The molecule has 0 aromatic heterocycles. The molecule has 0 spiro atoms. The van der Waals surface area contributed by atoms with Crippen molar-refractivity contribution < 1.29 is 9.59 Å². The third-order valence-electron chi connectivity index (χ3n) is 3.92. The van der Waals surface area contributed by atoms with Gasteiger partial charge in [0.15, 0.2) is 0 Å². The van der Waals surface area contributed by atoms with Gasteiger partial charge >= 0.3 is 6.03 Å². The number of nitrogens with zero attached hydrogens (tertiary/aromatic N) is 1. The van der Waals surface area contributed by atoms with Crippen LogP contribution in [-0.2, 0) is 4.79 Å². The minimum atomic E-state index is -0.350. The van der Waals surface area contributed by atoms with Crippen LogP contribution in [0.3, 0.4) is 0 Å². The fourth-order valence-corrected chi connectivity index (χ4v) is 2.53. The lowest BCUT2D eigenvalue weighted by Gasteiger charge is -2.34. The van der Waals surface area contributed by atoms with Gasteiger partial charge in [0.05, 0.1) is 11.6 Å². The molecule has 1 saturated heterocycles. The second-order valence-corrected chi connectivity index (χ2v) is 5.20. The molecular formula is C16H16N2O2. The molecule has 1 heterocycles. The second kappa shape index (κ2) is 4.63. The van der Waals surface area contributed by atoms with Gasteiger partial charge in [0.25, 0.3) is 0 Å². The highest BCUT2D eigenvalue weighted by Crippen LogP contribution is 2.29. The van der Waals surface area contributed by atoms with Crippen LogP contribution in [0.15, 0.2) is 42.5 Å². The molecule has 0 bridgehead atoms. The summed E-state index contributed by atoms with van der Waals surface area (Å²) in [5.74, 6) is -0.385. The van der Waals surface area contributed by atoms with Gasteiger partial charge in [0.2, 0.25) is 5.91 Å². The van der Waals surface area contributed by atoms with E-state index in [4.69, 9.17) is 0 Å². The molecule has 2 atom stereocenters. The normalized spacial score (nSPS) is 23.0. The van der Waals surface area contributed by atoms with Crippen LogP contribution in [-0.4, -0.2) is 18.0 Å². The average molecular weight is 268 g/mol. The lowest BCUT2D eigenvalue weighted by Crippen LogP contribution is -2.58. The SMILES string of the molecule is CC1NC(=O)N(c2cccc3ccccc23)C(=O)C1C. The van der Waals surface area contributed by atoms with Gasteiger partial charge in [-0.1, -0.05) is 43.3 Å². The summed E-state index contributed by atoms with van der Waals surface area (Å²) in [6.07, 6.45) is 0. The summed E-state index contributed by atoms with van der Waals surface area (Å²) in [6.45, 7) is 3.69. The van der Waals surface area contributed by atoms with Crippen LogP contribution >= 0.6 is 0 Å². The molecule has 1 N–H and O–H groups in total. The van der Waals surface area contributed by atoms with Crippen LogP contribution < -0.4 is 10.2 Å². The summed E-state index contributed by atoms with van der Waals surface area (Å²) >= 11 is 0. The van der Waals surface area contributed by atoms with E-state index >= 15 is 0 Å². The first kappa shape index (κ1) is 12.7. The molecule has 2 unspecified atom stereocenters. The second-order valence-electron chi connectivity index (χ2n) is 5.20. The number of rotatable bonds is 1. The number of urea groups is 1. The van der Waals surface area contributed by atoms with E-state index in [1.54, 1.807) is 0 Å². The quantitative estimate of drug-likeness (QED) is 0.864. The maximum atomic E-state index is 12.5. The highest BCUT2D eigenvalue weighted by atomic mass is 16.2. The highest BCUT2D eigenvalue weighted by molar-refractivity contribution is 6.20. The molecule has 1 fully saturated rings. The first-order valence-corrected chi connectivity index (χ1v) is 6.72. The molecule has 3 rings (SSSR count). The van der Waals surface area contributed by atoms with Crippen molar-refractivity contribution in [3.63, 3.8) is 0 Å². The van der Waals surface area contributed by atoms with Crippen molar-refractivity contribution in [3.8, 4) is 0 Å². The summed E-state index contributed by atoms with van der Waals surface area (Å²) in [4.78, 5) is 25.9. The summed E-state index contributed by atoms with van der Waals surface area (Å²) in [5, 5.41) is 4.75. The third-order valence-corrected chi connectivity index (χ3v) is 3.92. The van der Waals surface area contributed by atoms with E-state index < -0.39 is 0 Å². The minimum absolute atomic E-state index is 0.138. The van der Waals surface area contributed by atoms with Crippen molar-refractivity contribution >= 4 is 28.4 Å². The number of nitrogens with one attached hydrogen (secondary N) is 1. The molecule has 20 heavy (non-hydrogen) atoms. The van der Waals surface area contributed by atoms with E-state index in [-0.39, 0.29) is 23.9 Å². The van der Waals surface area contributed by atoms with Gasteiger partial charge in [-0.25, -0.2) is 9.69 Å². The van der Waals surface area contributed by atoms with E-state index in [9.17, 15) is 9.59 Å². The Morgan fingerprint density at radius 2 is 1.70 bits per heavy atom. The Morgan fingerprint density at radius 3 is 2.50 bits per heavy atom. The van der Waals surface area contributed by atoms with E-state index in [1.807, 2.05) is 56.3 Å². The molecule has 0 aliphatic carbocycles. The Morgan fingerprint density at radius 1 is 1.00 bits per heavy atom. The monoisotopic (exact) mass is 268 g/mol. The Labute approximate surface area is 117 Å². The van der Waals surface area contributed by atoms with E-state index in [0.29, 0.717) is 5.69 Å². The van der Waals surface area contributed by atoms with Gasteiger partial charge in [0.1, 0.15) is 0 Å². The lowest BCUT2D eigenvalue weighted by atomic mass is 9.98. The zero-order valence-corrected chi connectivity index (χ0v) is 11.5. The molecule has 1 aliphatic rings. The summed E-state index contributed by atoms with van der Waals surface area (Å²) in [5.41, 5.74) is 0.643. The predicted octanol–water partition coefficient (Wildman–Crippen LogP) is 2.92. The number of carbonyl (C=O) groups is 2. The maximum Gasteiger partial charge on any atom is 0.329 e. The fourth-order valence-electron chi connectivity index (χ4n) is 2.53. The molecule has 3 amide bonds. The molecule has 2 aromatic rings. The van der Waals surface area contributed by atoms with Gasteiger partial charge in [0, 0.05) is 11.4 Å². The first-order valence-electron chi connectivity index (χ1n) is 6.72. The predicted molar refractivity (Wildman–Crippen MR) is 78.6 cm³/mol. The molecule has 102 valence electrons. The van der Waals surface area contributed by atoms with Crippen LogP contribution in [0.1, 0.15) is 13.8 Å². The van der Waals surface area contributed by atoms with Crippen LogP contribution in [0.4, 0.5) is 10.5 Å². The van der Waals surface area contributed by atoms with Crippen molar-refractivity contribution in [1.82, 2.24) is 5.32 Å². The summed E-state index contributed by atoms with van der Waals surface area (Å²) < 4.78 is 0. The van der Waals surface area contributed by atoms with Crippen molar-refractivity contribution in [2.45, 2.75) is 19.9 Å². The van der Waals surface area contributed by atoms with Gasteiger partial charge < -0.3 is 5.32 Å². The minimum Gasteiger partial charge on any atom is -0.334 e. The Kier molecular flexibility index (Phi) is 2.93. The lowest BCUT2D eigenvalue weighted by molar-refractivity contribution is -0.122. The summed E-state index contributed by atoms with van der Waals surface area (Å²) in [7, 11) is 0. The number of benzene rings is 2. The molecule has 4 nitrogen and oxygen atoms in total. The Hall–Kier alpha value is -2.36. The van der Waals surface area contributed by atoms with Gasteiger partial charge in [-0.2, -0.15) is 0 Å². The van der Waals surface area contributed by atoms with Crippen LogP contribution in [0.25, 0.3) is 10.8 Å². The molecule has 0 saturated carbocycles. The summed E-state index contributed by atoms with van der Waals surface area (Å²) in [6, 6.07) is 12.9. The maximum absolute atomic E-state index is 12.5. The van der Waals surface area contributed by atoms with Crippen molar-refractivity contribution in [1.29, 1.82) is 0 Å². The number of carbonyl (C=O) groups excluding carboxylic acids is 2. The number of anilines is 1. The standard InChI is InChI=1S/C16H16N2O2/c1-10-11(2)17-16(20)18(15(10)19)14-9-5-7-12-6-3-4-8-13(12)14/h3-11H,1-2H3,(H,17,20). The number of fused-ring (bicyclic) bond motifs is 1. The van der Waals surface area contributed by atoms with E-state index in [0.717, 1.165) is 10.8 Å². The van der Waals surface area contributed by atoms with Crippen LogP contribution in [0, 0.1) is 5.92 Å². The fraction of sp³-hybridized carbons (Fsp3) is 0.250. The zero-order chi connectivity index (χ0) is 14.3. The van der Waals surface area contributed by atoms with E-state index in [2.05, 4.69) is 5.32 Å². The highest BCUT2D eigenvalue weighted by Gasteiger charge is 2.37. The van der Waals surface area contributed by atoms with Crippen LogP contribution in [0.2, 0.25) is 0 Å². The van der Waals surface area contributed by atoms with Crippen molar-refractivity contribution in [3.05, 3.63) is 42.5 Å². The number of hydrogen-bond donors (Lipinski definition) is 1. The Bertz CT molecular complexity index is 690. The third kappa shape index (κ3) is 1.84. The number of amides is 3. The molecule has 1 aliphatic heterocycles. The average Bonchev–Trinajstić information content (AvgIpc) is 2.45. The largest absolute Gasteiger partial charge is 0.334 e.